The Hall–Kier alpha value is -1.98. The normalized spacial score (nSPS) is 10.5. The summed E-state index contributed by atoms with van der Waals surface area (Å²) in [5.41, 5.74) is 5.60. The fourth-order valence-corrected chi connectivity index (χ4v) is 1.96. The summed E-state index contributed by atoms with van der Waals surface area (Å²) in [5, 5.41) is 0. The lowest BCUT2D eigenvalue weighted by Gasteiger charge is -2.10. The van der Waals surface area contributed by atoms with Crippen LogP contribution in [0.25, 0.3) is 11.4 Å². The average molecular weight is 258 g/mol. The zero-order valence-electron chi connectivity index (χ0n) is 11.2. The molecule has 1 aromatic carbocycles. The molecule has 3 N–H and O–H groups in total. The Morgan fingerprint density at radius 3 is 2.74 bits per heavy atom. The van der Waals surface area contributed by atoms with Crippen LogP contribution in [0.1, 0.15) is 18.2 Å². The van der Waals surface area contributed by atoms with Gasteiger partial charge in [-0.05, 0) is 12.0 Å². The zero-order chi connectivity index (χ0) is 13.7. The molecule has 5 heteroatoms. The van der Waals surface area contributed by atoms with E-state index in [4.69, 9.17) is 10.6 Å². The fourth-order valence-electron chi connectivity index (χ4n) is 1.96. The molecule has 0 saturated heterocycles. The van der Waals surface area contributed by atoms with Crippen molar-refractivity contribution in [2.24, 2.45) is 5.84 Å². The summed E-state index contributed by atoms with van der Waals surface area (Å²) in [5.74, 6) is 6.70. The third kappa shape index (κ3) is 3.07. The third-order valence-electron chi connectivity index (χ3n) is 2.86. The number of benzene rings is 1. The van der Waals surface area contributed by atoms with Gasteiger partial charge in [0.1, 0.15) is 5.82 Å². The monoisotopic (exact) mass is 258 g/mol. The van der Waals surface area contributed by atoms with Crippen LogP contribution in [0.15, 0.2) is 30.3 Å². The van der Waals surface area contributed by atoms with Gasteiger partial charge in [0.15, 0.2) is 5.82 Å². The minimum atomic E-state index is 0.429. The summed E-state index contributed by atoms with van der Waals surface area (Å²) < 4.78 is 5.12. The van der Waals surface area contributed by atoms with Gasteiger partial charge in [-0.3, -0.25) is 0 Å². The number of nitrogens with zero attached hydrogens (tertiary/aromatic N) is 2. The van der Waals surface area contributed by atoms with Crippen LogP contribution < -0.4 is 11.3 Å². The van der Waals surface area contributed by atoms with E-state index in [2.05, 4.69) is 28.4 Å². The average Bonchev–Trinajstić information content (AvgIpc) is 2.47. The lowest BCUT2D eigenvalue weighted by Crippen LogP contribution is -2.11. The molecule has 0 spiro atoms. The van der Waals surface area contributed by atoms with Crippen molar-refractivity contribution < 1.29 is 4.74 Å². The lowest BCUT2D eigenvalue weighted by molar-refractivity contribution is 0.181. The molecule has 2 rings (SSSR count). The number of nitrogen functional groups attached to an aromatic ring is 1. The first-order valence-corrected chi connectivity index (χ1v) is 6.20. The Morgan fingerprint density at radius 2 is 2.05 bits per heavy atom. The molecule has 100 valence electrons. The summed E-state index contributed by atoms with van der Waals surface area (Å²) >= 11 is 0. The van der Waals surface area contributed by atoms with Crippen LogP contribution in [0, 0.1) is 0 Å². The molecule has 0 saturated carbocycles. The van der Waals surface area contributed by atoms with E-state index in [-0.39, 0.29) is 0 Å². The number of ether oxygens (including phenoxy) is 1. The topological polar surface area (TPSA) is 73.1 Å². The molecule has 0 aliphatic rings. The number of aromatic nitrogens is 2. The molecule has 1 aromatic heterocycles. The molecule has 0 fully saturated rings. The number of nitrogens with one attached hydrogen (secondary N) is 1. The van der Waals surface area contributed by atoms with Gasteiger partial charge in [-0.2, -0.15) is 0 Å². The first-order chi connectivity index (χ1) is 9.28. The SMILES string of the molecule is CCc1ccccc1-c1nc(COC)cc(NN)n1. The van der Waals surface area contributed by atoms with Crippen LogP contribution in [0.3, 0.4) is 0 Å². The van der Waals surface area contributed by atoms with Crippen LogP contribution in [-0.2, 0) is 17.8 Å². The number of rotatable bonds is 5. The Balaban J connectivity index is 2.51. The van der Waals surface area contributed by atoms with Gasteiger partial charge in [-0.15, -0.1) is 0 Å². The Kier molecular flexibility index (Phi) is 4.43. The van der Waals surface area contributed by atoms with Gasteiger partial charge >= 0.3 is 0 Å². The maximum absolute atomic E-state index is 5.45. The van der Waals surface area contributed by atoms with E-state index in [0.717, 1.165) is 17.7 Å². The molecule has 0 atom stereocenters. The van der Waals surface area contributed by atoms with Gasteiger partial charge in [-0.1, -0.05) is 31.2 Å². The lowest BCUT2D eigenvalue weighted by atomic mass is 10.0. The molecule has 0 unspecified atom stereocenters. The summed E-state index contributed by atoms with van der Waals surface area (Å²) in [6.45, 7) is 2.54. The fraction of sp³-hybridized carbons (Fsp3) is 0.286. The first kappa shape index (κ1) is 13.5. The van der Waals surface area contributed by atoms with Gasteiger partial charge < -0.3 is 10.2 Å². The molecular formula is C14H18N4O. The van der Waals surface area contributed by atoms with E-state index in [9.17, 15) is 0 Å². The number of anilines is 1. The van der Waals surface area contributed by atoms with E-state index < -0.39 is 0 Å². The molecule has 0 aliphatic heterocycles. The summed E-state index contributed by atoms with van der Waals surface area (Å²) in [6.07, 6.45) is 0.930. The quantitative estimate of drug-likeness (QED) is 0.635. The highest BCUT2D eigenvalue weighted by Gasteiger charge is 2.09. The van der Waals surface area contributed by atoms with Crippen LogP contribution in [0.5, 0.6) is 0 Å². The highest BCUT2D eigenvalue weighted by molar-refractivity contribution is 5.62. The maximum atomic E-state index is 5.45. The molecule has 0 radical (unpaired) electrons. The second kappa shape index (κ2) is 6.26. The molecule has 2 aromatic rings. The first-order valence-electron chi connectivity index (χ1n) is 6.20. The van der Waals surface area contributed by atoms with Crippen molar-refractivity contribution in [3.05, 3.63) is 41.6 Å². The van der Waals surface area contributed by atoms with Gasteiger partial charge in [-0.25, -0.2) is 15.8 Å². The smallest absolute Gasteiger partial charge is 0.162 e. The molecule has 19 heavy (non-hydrogen) atoms. The van der Waals surface area contributed by atoms with Crippen molar-refractivity contribution in [2.75, 3.05) is 12.5 Å². The number of hydrogen-bond donors (Lipinski definition) is 2. The van der Waals surface area contributed by atoms with Crippen LogP contribution >= 0.6 is 0 Å². The van der Waals surface area contributed by atoms with E-state index >= 15 is 0 Å². The Bertz CT molecular complexity index is 557. The van der Waals surface area contributed by atoms with Gasteiger partial charge in [0.2, 0.25) is 0 Å². The minimum absolute atomic E-state index is 0.429. The van der Waals surface area contributed by atoms with Gasteiger partial charge in [0.05, 0.1) is 12.3 Å². The molecule has 1 heterocycles. The Labute approximate surface area is 112 Å². The van der Waals surface area contributed by atoms with E-state index in [1.54, 1.807) is 13.2 Å². The predicted octanol–water partition coefficient (Wildman–Crippen LogP) is 2.14. The number of nitrogens with two attached hydrogens (primary N) is 1. The van der Waals surface area contributed by atoms with Crippen molar-refractivity contribution in [1.29, 1.82) is 0 Å². The zero-order valence-corrected chi connectivity index (χ0v) is 11.2. The van der Waals surface area contributed by atoms with Gasteiger partial charge in [0.25, 0.3) is 0 Å². The largest absolute Gasteiger partial charge is 0.378 e. The van der Waals surface area contributed by atoms with E-state index in [1.165, 1.54) is 5.56 Å². The van der Waals surface area contributed by atoms with Crippen molar-refractivity contribution in [2.45, 2.75) is 20.0 Å². The van der Waals surface area contributed by atoms with Gasteiger partial charge in [0, 0.05) is 18.7 Å². The predicted molar refractivity (Wildman–Crippen MR) is 75.4 cm³/mol. The second-order valence-electron chi connectivity index (χ2n) is 4.16. The summed E-state index contributed by atoms with van der Waals surface area (Å²) in [7, 11) is 1.64. The molecular weight excluding hydrogens is 240 g/mol. The molecule has 0 amide bonds. The number of hydrogen-bond acceptors (Lipinski definition) is 5. The molecule has 5 nitrogen and oxygen atoms in total. The van der Waals surface area contributed by atoms with Crippen LogP contribution in [0.4, 0.5) is 5.82 Å². The summed E-state index contributed by atoms with van der Waals surface area (Å²) in [4.78, 5) is 8.93. The van der Waals surface area contributed by atoms with Crippen LogP contribution in [-0.4, -0.2) is 17.1 Å². The van der Waals surface area contributed by atoms with E-state index in [1.807, 2.05) is 18.2 Å². The van der Waals surface area contributed by atoms with Crippen molar-refractivity contribution >= 4 is 5.82 Å². The standard InChI is InChI=1S/C14H18N4O/c1-3-10-6-4-5-7-12(10)14-16-11(9-19-2)8-13(17-14)18-15/h4-8H,3,9,15H2,1-2H3,(H,16,17,18). The van der Waals surface area contributed by atoms with Crippen molar-refractivity contribution in [3.63, 3.8) is 0 Å². The number of methoxy groups -OCH3 is 1. The minimum Gasteiger partial charge on any atom is -0.378 e. The second-order valence-corrected chi connectivity index (χ2v) is 4.16. The number of hydrazine groups is 1. The maximum Gasteiger partial charge on any atom is 0.162 e. The third-order valence-corrected chi connectivity index (χ3v) is 2.86. The van der Waals surface area contributed by atoms with Crippen molar-refractivity contribution in [1.82, 2.24) is 9.97 Å². The molecule has 0 aliphatic carbocycles. The number of aryl methyl sites for hydroxylation is 1. The van der Waals surface area contributed by atoms with Crippen LogP contribution in [0.2, 0.25) is 0 Å². The Morgan fingerprint density at radius 1 is 1.26 bits per heavy atom. The highest BCUT2D eigenvalue weighted by atomic mass is 16.5. The molecule has 0 bridgehead atoms. The highest BCUT2D eigenvalue weighted by Crippen LogP contribution is 2.22. The summed E-state index contributed by atoms with van der Waals surface area (Å²) in [6, 6.07) is 9.88. The van der Waals surface area contributed by atoms with Crippen molar-refractivity contribution in [3.8, 4) is 11.4 Å². The van der Waals surface area contributed by atoms with E-state index in [0.29, 0.717) is 18.2 Å².